The molecule has 1 aliphatic carbocycles. The molecule has 4 rings (SSSR count). The summed E-state index contributed by atoms with van der Waals surface area (Å²) in [6.45, 7) is 1.36. The number of amides is 1. The fraction of sp³-hybridized carbons (Fsp3) is 0.409. The summed E-state index contributed by atoms with van der Waals surface area (Å²) in [4.78, 5) is 12.5. The molecule has 3 atom stereocenters. The minimum absolute atomic E-state index is 0.0445. The maximum absolute atomic E-state index is 13.4. The molecule has 0 bridgehead atoms. The van der Waals surface area contributed by atoms with E-state index in [0.29, 0.717) is 19.0 Å². The van der Waals surface area contributed by atoms with Gasteiger partial charge in [0, 0.05) is 46.6 Å². The number of anilines is 1. The monoisotopic (exact) mass is 401 g/mol. The van der Waals surface area contributed by atoms with E-state index in [4.69, 9.17) is 4.74 Å². The first-order valence-corrected chi connectivity index (χ1v) is 11.1. The number of rotatable bonds is 6. The lowest BCUT2D eigenvalue weighted by molar-refractivity contribution is -0.117. The number of carbonyl (C=O) groups is 1. The highest BCUT2D eigenvalue weighted by Gasteiger charge is 2.44. The van der Waals surface area contributed by atoms with Crippen LogP contribution in [0.25, 0.3) is 0 Å². The highest BCUT2D eigenvalue weighted by atomic mass is 32.2. The maximum Gasteiger partial charge on any atom is 0.228 e. The van der Waals surface area contributed by atoms with Crippen LogP contribution in [-0.4, -0.2) is 28.6 Å². The molecule has 1 saturated carbocycles. The van der Waals surface area contributed by atoms with Crippen LogP contribution in [0.4, 0.5) is 10.1 Å². The van der Waals surface area contributed by atoms with Gasteiger partial charge in [0.25, 0.3) is 0 Å². The lowest BCUT2D eigenvalue weighted by atomic mass is 10.1. The summed E-state index contributed by atoms with van der Waals surface area (Å²) in [6, 6.07) is 14.0. The van der Waals surface area contributed by atoms with Crippen LogP contribution in [-0.2, 0) is 26.1 Å². The van der Waals surface area contributed by atoms with Crippen LogP contribution < -0.4 is 5.32 Å². The van der Waals surface area contributed by atoms with Crippen molar-refractivity contribution in [3.8, 4) is 0 Å². The minimum atomic E-state index is -0.936. The molecule has 3 unspecified atom stereocenters. The topological polar surface area (TPSA) is 55.4 Å². The Balaban J connectivity index is 1.34. The van der Waals surface area contributed by atoms with Crippen LogP contribution in [0.2, 0.25) is 0 Å². The van der Waals surface area contributed by atoms with Gasteiger partial charge in [0.2, 0.25) is 5.91 Å². The van der Waals surface area contributed by atoms with Crippen molar-refractivity contribution in [1.29, 1.82) is 0 Å². The molecular weight excluding hydrogens is 377 g/mol. The summed E-state index contributed by atoms with van der Waals surface area (Å²) < 4.78 is 31.3. The number of halogens is 1. The quantitative estimate of drug-likeness (QED) is 0.796. The van der Waals surface area contributed by atoms with Crippen molar-refractivity contribution in [2.24, 2.45) is 5.92 Å². The van der Waals surface area contributed by atoms with Gasteiger partial charge in [0.05, 0.1) is 0 Å². The van der Waals surface area contributed by atoms with E-state index in [1.165, 1.54) is 12.1 Å². The number of nitrogens with one attached hydrogen (secondary N) is 1. The van der Waals surface area contributed by atoms with E-state index < -0.39 is 10.8 Å². The molecule has 1 heterocycles. The highest BCUT2D eigenvalue weighted by molar-refractivity contribution is 7.84. The summed E-state index contributed by atoms with van der Waals surface area (Å²) in [5.41, 5.74) is 2.55. The van der Waals surface area contributed by atoms with Crippen molar-refractivity contribution >= 4 is 22.4 Å². The molecule has 28 heavy (non-hydrogen) atoms. The first-order valence-electron chi connectivity index (χ1n) is 9.70. The molecular formula is C22H24FNO3S. The molecule has 1 amide bonds. The van der Waals surface area contributed by atoms with Crippen molar-refractivity contribution in [3.63, 3.8) is 0 Å². The van der Waals surface area contributed by atoms with Gasteiger partial charge in [-0.3, -0.25) is 9.00 Å². The average Bonchev–Trinajstić information content (AvgIpc) is 3.50. The van der Waals surface area contributed by atoms with E-state index in [1.807, 2.05) is 30.3 Å². The van der Waals surface area contributed by atoms with E-state index >= 15 is 0 Å². The van der Waals surface area contributed by atoms with Crippen LogP contribution in [0.1, 0.15) is 36.3 Å². The lowest BCUT2D eigenvalue weighted by Gasteiger charge is -2.21. The van der Waals surface area contributed by atoms with Crippen LogP contribution in [0.5, 0.6) is 0 Å². The van der Waals surface area contributed by atoms with Gasteiger partial charge < -0.3 is 10.1 Å². The van der Waals surface area contributed by atoms with Crippen molar-refractivity contribution in [2.75, 3.05) is 18.5 Å². The van der Waals surface area contributed by atoms with E-state index in [1.54, 1.807) is 6.07 Å². The molecule has 2 aromatic carbocycles. The predicted molar refractivity (Wildman–Crippen MR) is 108 cm³/mol. The van der Waals surface area contributed by atoms with E-state index in [9.17, 15) is 13.4 Å². The Labute approximate surface area is 166 Å². The predicted octanol–water partition coefficient (Wildman–Crippen LogP) is 4.00. The molecule has 148 valence electrons. The van der Waals surface area contributed by atoms with Gasteiger partial charge in [-0.1, -0.05) is 24.3 Å². The number of benzene rings is 2. The third-order valence-corrected chi connectivity index (χ3v) is 7.28. The summed E-state index contributed by atoms with van der Waals surface area (Å²) in [6.07, 6.45) is 2.42. The Morgan fingerprint density at radius 1 is 1.14 bits per heavy atom. The van der Waals surface area contributed by atoms with Crippen LogP contribution in [0.3, 0.4) is 0 Å². The van der Waals surface area contributed by atoms with Gasteiger partial charge in [0.1, 0.15) is 5.82 Å². The van der Waals surface area contributed by atoms with Crippen molar-refractivity contribution in [1.82, 2.24) is 0 Å². The molecule has 4 nitrogen and oxygen atoms in total. The second-order valence-corrected chi connectivity index (χ2v) is 9.25. The maximum atomic E-state index is 13.4. The van der Waals surface area contributed by atoms with E-state index in [2.05, 4.69) is 5.32 Å². The summed E-state index contributed by atoms with van der Waals surface area (Å²) >= 11 is 0. The van der Waals surface area contributed by atoms with Gasteiger partial charge in [-0.15, -0.1) is 0 Å². The molecule has 1 N–H and O–H groups in total. The Morgan fingerprint density at radius 2 is 1.93 bits per heavy atom. The molecule has 0 radical (unpaired) electrons. The molecule has 2 aromatic rings. The zero-order chi connectivity index (χ0) is 19.5. The Kier molecular flexibility index (Phi) is 5.87. The van der Waals surface area contributed by atoms with Crippen molar-refractivity contribution in [3.05, 3.63) is 65.5 Å². The molecule has 1 saturated heterocycles. The fourth-order valence-corrected chi connectivity index (χ4v) is 5.25. The number of hydrogen-bond acceptors (Lipinski definition) is 3. The summed E-state index contributed by atoms with van der Waals surface area (Å²) in [7, 11) is -0.936. The third kappa shape index (κ3) is 4.67. The SMILES string of the molecule is O=C(Nc1cccc(CS(=O)C2CCOCC2)c1)C1CC1c1cccc(F)c1. The van der Waals surface area contributed by atoms with Gasteiger partial charge in [-0.25, -0.2) is 4.39 Å². The summed E-state index contributed by atoms with van der Waals surface area (Å²) in [5, 5.41) is 3.15. The van der Waals surface area contributed by atoms with Crippen molar-refractivity contribution in [2.45, 2.75) is 36.2 Å². The van der Waals surface area contributed by atoms with Crippen LogP contribution in [0, 0.1) is 11.7 Å². The normalized spacial score (nSPS) is 23.2. The molecule has 2 aliphatic rings. The lowest BCUT2D eigenvalue weighted by Crippen LogP contribution is -2.25. The second-order valence-electron chi connectivity index (χ2n) is 7.53. The van der Waals surface area contributed by atoms with Gasteiger partial charge >= 0.3 is 0 Å². The van der Waals surface area contributed by atoms with Crippen LogP contribution >= 0.6 is 0 Å². The molecule has 0 spiro atoms. The van der Waals surface area contributed by atoms with Gasteiger partial charge in [-0.2, -0.15) is 0 Å². The van der Waals surface area contributed by atoms with Gasteiger partial charge in [-0.05, 0) is 60.6 Å². The third-order valence-electron chi connectivity index (χ3n) is 5.45. The minimum Gasteiger partial charge on any atom is -0.381 e. The second kappa shape index (κ2) is 8.53. The zero-order valence-electron chi connectivity index (χ0n) is 15.6. The smallest absolute Gasteiger partial charge is 0.228 e. The molecule has 0 aromatic heterocycles. The standard InChI is InChI=1S/C22H24FNO3S/c23-17-5-2-4-16(12-17)20-13-21(20)22(25)24-18-6-1-3-15(11-18)14-28(26)19-7-9-27-10-8-19/h1-6,11-12,19-21H,7-10,13-14H2,(H,24,25). The van der Waals surface area contributed by atoms with E-state index in [-0.39, 0.29) is 28.8 Å². The first-order chi connectivity index (χ1) is 13.6. The molecule has 6 heteroatoms. The summed E-state index contributed by atoms with van der Waals surface area (Å²) in [5.74, 6) is 0.136. The fourth-order valence-electron chi connectivity index (χ4n) is 3.79. The molecule has 2 fully saturated rings. The van der Waals surface area contributed by atoms with Gasteiger partial charge in [0.15, 0.2) is 0 Å². The number of ether oxygens (including phenoxy) is 1. The highest BCUT2D eigenvalue weighted by Crippen LogP contribution is 2.48. The average molecular weight is 402 g/mol. The number of hydrogen-bond donors (Lipinski definition) is 1. The van der Waals surface area contributed by atoms with Crippen LogP contribution in [0.15, 0.2) is 48.5 Å². The zero-order valence-corrected chi connectivity index (χ0v) is 16.4. The van der Waals surface area contributed by atoms with E-state index in [0.717, 1.165) is 36.1 Å². The Bertz CT molecular complexity index is 882. The Morgan fingerprint density at radius 3 is 2.71 bits per heavy atom. The number of carbonyl (C=O) groups excluding carboxylic acids is 1. The Hall–Kier alpha value is -2.05. The molecule has 1 aliphatic heterocycles. The largest absolute Gasteiger partial charge is 0.381 e. The first kappa shape index (κ1) is 19.3. The van der Waals surface area contributed by atoms with Crippen molar-refractivity contribution < 1.29 is 18.1 Å².